The fourth-order valence-corrected chi connectivity index (χ4v) is 3.79. The molecule has 0 radical (unpaired) electrons. The summed E-state index contributed by atoms with van der Waals surface area (Å²) in [6.07, 6.45) is 7.32. The summed E-state index contributed by atoms with van der Waals surface area (Å²) in [5, 5.41) is 18.6. The molecule has 1 fully saturated rings. The number of anilines is 2. The van der Waals surface area contributed by atoms with Crippen molar-refractivity contribution in [2.75, 3.05) is 29.9 Å². The first-order chi connectivity index (χ1) is 15.0. The van der Waals surface area contributed by atoms with Crippen molar-refractivity contribution < 1.29 is 9.50 Å². The van der Waals surface area contributed by atoms with Crippen LogP contribution in [0.3, 0.4) is 0 Å². The summed E-state index contributed by atoms with van der Waals surface area (Å²) in [4.78, 5) is 4.37. The number of halogens is 1. The minimum absolute atomic E-state index is 0.0124. The van der Waals surface area contributed by atoms with Crippen LogP contribution in [-0.4, -0.2) is 25.2 Å². The van der Waals surface area contributed by atoms with Crippen molar-refractivity contribution >= 4 is 17.1 Å². The summed E-state index contributed by atoms with van der Waals surface area (Å²) in [7, 11) is 1.93. The number of aliphatic hydroxyl groups is 1. The van der Waals surface area contributed by atoms with E-state index >= 15 is 0 Å². The summed E-state index contributed by atoms with van der Waals surface area (Å²) in [5.41, 5.74) is 5.10. The highest BCUT2D eigenvalue weighted by molar-refractivity contribution is 5.82. The van der Waals surface area contributed by atoms with E-state index in [0.717, 1.165) is 36.3 Å². The van der Waals surface area contributed by atoms with Crippen molar-refractivity contribution in [3.05, 3.63) is 89.0 Å². The Morgan fingerprint density at radius 2 is 1.84 bits per heavy atom. The molecular weight excluding hydrogens is 389 g/mol. The Kier molecular flexibility index (Phi) is 7.15. The standard InChI is InChI=1S/C26H28FN3O/c1-4-20(19(2)18-31)16-26(21-7-8-22(17-28)25(27)15-21)29(3)23-9-11-24(12-10-23)30-13-5-6-14-30/h4,7-12,15-16,18,31H,5-6,13-14H2,1-3H3/b19-18?,20-4+,26-16-. The zero-order valence-electron chi connectivity index (χ0n) is 18.3. The fraction of sp³-hybridized carbons (Fsp3) is 0.269. The van der Waals surface area contributed by atoms with Gasteiger partial charge in [0.1, 0.15) is 11.9 Å². The number of allylic oxidation sites excluding steroid dienone is 4. The molecule has 2 aromatic rings. The predicted octanol–water partition coefficient (Wildman–Crippen LogP) is 6.18. The van der Waals surface area contributed by atoms with Crippen LogP contribution in [0.1, 0.15) is 37.8 Å². The second-order valence-corrected chi connectivity index (χ2v) is 7.66. The highest BCUT2D eigenvalue weighted by Crippen LogP contribution is 2.30. The van der Waals surface area contributed by atoms with Gasteiger partial charge in [-0.2, -0.15) is 5.26 Å². The highest BCUT2D eigenvalue weighted by atomic mass is 19.1. The molecule has 0 aromatic heterocycles. The first kappa shape index (κ1) is 22.2. The molecule has 0 aliphatic carbocycles. The summed E-state index contributed by atoms with van der Waals surface area (Å²) >= 11 is 0. The van der Waals surface area contributed by atoms with Gasteiger partial charge in [0, 0.05) is 42.8 Å². The van der Waals surface area contributed by atoms with E-state index in [1.807, 2.05) is 44.0 Å². The lowest BCUT2D eigenvalue weighted by atomic mass is 10.0. The zero-order chi connectivity index (χ0) is 22.4. The van der Waals surface area contributed by atoms with Crippen LogP contribution in [-0.2, 0) is 0 Å². The lowest BCUT2D eigenvalue weighted by Crippen LogP contribution is -2.18. The van der Waals surface area contributed by atoms with Crippen LogP contribution in [0.5, 0.6) is 0 Å². The van der Waals surface area contributed by atoms with E-state index < -0.39 is 5.82 Å². The molecule has 4 nitrogen and oxygen atoms in total. The number of hydrogen-bond donors (Lipinski definition) is 1. The number of benzene rings is 2. The maximum Gasteiger partial charge on any atom is 0.141 e. The monoisotopic (exact) mass is 417 g/mol. The van der Waals surface area contributed by atoms with Gasteiger partial charge < -0.3 is 14.9 Å². The maximum atomic E-state index is 14.4. The van der Waals surface area contributed by atoms with Crippen molar-refractivity contribution in [2.24, 2.45) is 0 Å². The molecule has 0 atom stereocenters. The topological polar surface area (TPSA) is 50.5 Å². The molecule has 31 heavy (non-hydrogen) atoms. The van der Waals surface area contributed by atoms with Crippen molar-refractivity contribution in [1.82, 2.24) is 0 Å². The second-order valence-electron chi connectivity index (χ2n) is 7.66. The van der Waals surface area contributed by atoms with E-state index in [4.69, 9.17) is 5.26 Å². The minimum Gasteiger partial charge on any atom is -0.515 e. The average Bonchev–Trinajstić information content (AvgIpc) is 3.34. The molecule has 1 saturated heterocycles. The summed E-state index contributed by atoms with van der Waals surface area (Å²) in [6.45, 7) is 5.87. The number of rotatable bonds is 6. The van der Waals surface area contributed by atoms with Crippen LogP contribution < -0.4 is 9.80 Å². The summed E-state index contributed by atoms with van der Waals surface area (Å²) < 4.78 is 14.4. The van der Waals surface area contributed by atoms with Gasteiger partial charge >= 0.3 is 0 Å². The van der Waals surface area contributed by atoms with Crippen molar-refractivity contribution in [1.29, 1.82) is 5.26 Å². The van der Waals surface area contributed by atoms with Crippen LogP contribution in [0.15, 0.2) is 72.0 Å². The van der Waals surface area contributed by atoms with E-state index in [9.17, 15) is 9.50 Å². The molecule has 1 N–H and O–H groups in total. The van der Waals surface area contributed by atoms with Crippen molar-refractivity contribution in [3.63, 3.8) is 0 Å². The van der Waals surface area contributed by atoms with E-state index in [0.29, 0.717) is 11.1 Å². The fourth-order valence-electron chi connectivity index (χ4n) is 3.79. The number of nitriles is 1. The molecule has 1 heterocycles. The molecule has 3 rings (SSSR count). The largest absolute Gasteiger partial charge is 0.515 e. The molecular formula is C26H28FN3O. The van der Waals surface area contributed by atoms with E-state index in [2.05, 4.69) is 29.2 Å². The Bertz CT molecular complexity index is 1060. The number of aliphatic hydroxyl groups excluding tert-OH is 1. The maximum absolute atomic E-state index is 14.4. The molecule has 0 unspecified atom stereocenters. The van der Waals surface area contributed by atoms with Crippen molar-refractivity contribution in [2.45, 2.75) is 26.7 Å². The smallest absolute Gasteiger partial charge is 0.141 e. The highest BCUT2D eigenvalue weighted by Gasteiger charge is 2.16. The number of hydrogen-bond acceptors (Lipinski definition) is 4. The van der Waals surface area contributed by atoms with Crippen LogP contribution in [0, 0.1) is 17.1 Å². The Balaban J connectivity index is 2.03. The van der Waals surface area contributed by atoms with Crippen LogP contribution in [0.2, 0.25) is 0 Å². The molecule has 2 aromatic carbocycles. The van der Waals surface area contributed by atoms with Gasteiger partial charge in [-0.05, 0) is 80.3 Å². The van der Waals surface area contributed by atoms with Crippen LogP contribution in [0.4, 0.5) is 15.8 Å². The molecule has 0 bridgehead atoms. The summed E-state index contributed by atoms with van der Waals surface area (Å²) in [6, 6.07) is 14.8. The zero-order valence-corrected chi connectivity index (χ0v) is 18.3. The number of nitrogens with zero attached hydrogens (tertiary/aromatic N) is 3. The minimum atomic E-state index is -0.555. The normalized spacial score (nSPS) is 15.2. The third-order valence-corrected chi connectivity index (χ3v) is 5.71. The first-order valence-corrected chi connectivity index (χ1v) is 10.5. The van der Waals surface area contributed by atoms with Gasteiger partial charge in [-0.15, -0.1) is 0 Å². The average molecular weight is 418 g/mol. The van der Waals surface area contributed by atoms with E-state index in [1.165, 1.54) is 30.7 Å². The Hall–Kier alpha value is -3.52. The lowest BCUT2D eigenvalue weighted by Gasteiger charge is -2.25. The van der Waals surface area contributed by atoms with Gasteiger partial charge in [0.2, 0.25) is 0 Å². The van der Waals surface area contributed by atoms with Gasteiger partial charge in [-0.3, -0.25) is 0 Å². The Labute approximate surface area is 183 Å². The molecule has 0 amide bonds. The molecule has 1 aliphatic heterocycles. The summed E-state index contributed by atoms with van der Waals surface area (Å²) in [5.74, 6) is -0.555. The molecule has 0 saturated carbocycles. The van der Waals surface area contributed by atoms with Gasteiger partial charge in [0.25, 0.3) is 0 Å². The first-order valence-electron chi connectivity index (χ1n) is 10.5. The van der Waals surface area contributed by atoms with Gasteiger partial charge in [-0.1, -0.05) is 12.1 Å². The third-order valence-electron chi connectivity index (χ3n) is 5.71. The van der Waals surface area contributed by atoms with Gasteiger partial charge in [0.15, 0.2) is 0 Å². The quantitative estimate of drug-likeness (QED) is 0.450. The molecule has 5 heteroatoms. The van der Waals surface area contributed by atoms with Crippen LogP contribution >= 0.6 is 0 Å². The van der Waals surface area contributed by atoms with Crippen LogP contribution in [0.25, 0.3) is 5.70 Å². The Morgan fingerprint density at radius 3 is 2.39 bits per heavy atom. The Morgan fingerprint density at radius 1 is 1.16 bits per heavy atom. The third kappa shape index (κ3) is 4.97. The van der Waals surface area contributed by atoms with E-state index in [-0.39, 0.29) is 5.56 Å². The second kappa shape index (κ2) is 9.99. The van der Waals surface area contributed by atoms with Gasteiger partial charge in [0.05, 0.1) is 11.8 Å². The molecule has 160 valence electrons. The SMILES string of the molecule is C/C=C(\C=C(\c1ccc(C#N)c(F)c1)N(C)c1ccc(N2CCCC2)cc1)C(C)=CO. The van der Waals surface area contributed by atoms with Gasteiger partial charge in [-0.25, -0.2) is 4.39 Å². The molecule has 1 aliphatic rings. The lowest BCUT2D eigenvalue weighted by molar-refractivity contribution is 0.468. The molecule has 0 spiro atoms. The van der Waals surface area contributed by atoms with Crippen molar-refractivity contribution in [3.8, 4) is 6.07 Å². The predicted molar refractivity (Wildman–Crippen MR) is 126 cm³/mol. The van der Waals surface area contributed by atoms with E-state index in [1.54, 1.807) is 6.07 Å².